The van der Waals surface area contributed by atoms with E-state index in [1.165, 1.54) is 5.56 Å². The van der Waals surface area contributed by atoms with E-state index in [1.807, 2.05) is 37.3 Å². The Labute approximate surface area is 195 Å². The molecule has 0 aromatic heterocycles. The van der Waals surface area contributed by atoms with Gasteiger partial charge >= 0.3 is 0 Å². The van der Waals surface area contributed by atoms with Crippen molar-refractivity contribution in [2.45, 2.75) is 38.8 Å². The fourth-order valence-electron chi connectivity index (χ4n) is 4.71. The second-order valence-corrected chi connectivity index (χ2v) is 8.99. The van der Waals surface area contributed by atoms with Crippen molar-refractivity contribution < 1.29 is 19.1 Å². The van der Waals surface area contributed by atoms with E-state index in [9.17, 15) is 9.59 Å². The molecule has 0 bridgehead atoms. The van der Waals surface area contributed by atoms with Gasteiger partial charge in [0.05, 0.1) is 25.8 Å². The average molecular weight is 452 g/mol. The highest BCUT2D eigenvalue weighted by molar-refractivity contribution is 6.01. The van der Waals surface area contributed by atoms with E-state index in [0.29, 0.717) is 12.3 Å². The molecular weight excluding hydrogens is 418 g/mol. The topological polar surface area (TPSA) is 71.1 Å². The van der Waals surface area contributed by atoms with Gasteiger partial charge in [0.1, 0.15) is 11.5 Å². The van der Waals surface area contributed by atoms with Gasteiger partial charge in [-0.3, -0.25) is 14.5 Å². The second-order valence-electron chi connectivity index (χ2n) is 8.99. The molecule has 4 rings (SSSR count). The maximum Gasteiger partial charge on any atom is 0.227 e. The van der Waals surface area contributed by atoms with Crippen LogP contribution in [0.25, 0.3) is 0 Å². The number of rotatable bonds is 7. The number of carbonyl (C=O) groups excluding carboxylic acids is 2. The Balaban J connectivity index is 1.29. The first-order chi connectivity index (χ1) is 16.0. The molecule has 1 unspecified atom stereocenters. The van der Waals surface area contributed by atoms with E-state index in [-0.39, 0.29) is 30.2 Å². The van der Waals surface area contributed by atoms with Crippen LogP contribution in [0, 0.1) is 12.8 Å². The Kier molecular flexibility index (Phi) is 7.18. The summed E-state index contributed by atoms with van der Waals surface area (Å²) in [5.41, 5.74) is 3.02. The summed E-state index contributed by atoms with van der Waals surface area (Å²) in [5.74, 6) is 1.13. The fourth-order valence-corrected chi connectivity index (χ4v) is 4.71. The van der Waals surface area contributed by atoms with Crippen LogP contribution in [-0.2, 0) is 16.1 Å². The zero-order valence-electron chi connectivity index (χ0n) is 19.7. The number of benzene rings is 2. The van der Waals surface area contributed by atoms with Gasteiger partial charge in [-0.25, -0.2) is 0 Å². The third kappa shape index (κ3) is 5.47. The smallest absolute Gasteiger partial charge is 0.227 e. The Hall–Kier alpha value is -3.06. The zero-order valence-corrected chi connectivity index (χ0v) is 19.7. The summed E-state index contributed by atoms with van der Waals surface area (Å²) in [4.78, 5) is 29.7. The highest BCUT2D eigenvalue weighted by Crippen LogP contribution is 2.34. The normalized spacial score (nSPS) is 19.5. The number of methoxy groups -OCH3 is 2. The molecule has 2 aromatic carbocycles. The van der Waals surface area contributed by atoms with Crippen molar-refractivity contribution in [1.82, 2.24) is 10.2 Å². The lowest BCUT2D eigenvalue weighted by atomic mass is 10.0. The van der Waals surface area contributed by atoms with Gasteiger partial charge in [0.2, 0.25) is 11.8 Å². The molecule has 2 heterocycles. The zero-order chi connectivity index (χ0) is 23.4. The van der Waals surface area contributed by atoms with Crippen LogP contribution in [0.3, 0.4) is 0 Å². The van der Waals surface area contributed by atoms with Gasteiger partial charge in [0.15, 0.2) is 0 Å². The van der Waals surface area contributed by atoms with E-state index in [0.717, 1.165) is 49.5 Å². The summed E-state index contributed by atoms with van der Waals surface area (Å²) in [7, 11) is 3.28. The molecule has 0 spiro atoms. The summed E-state index contributed by atoms with van der Waals surface area (Å²) < 4.78 is 10.8. The molecule has 33 heavy (non-hydrogen) atoms. The Morgan fingerprint density at radius 1 is 1.09 bits per heavy atom. The molecule has 7 heteroatoms. The molecule has 7 nitrogen and oxygen atoms in total. The number of carbonyl (C=O) groups is 2. The number of nitrogens with one attached hydrogen (secondary N) is 1. The molecule has 2 aliphatic rings. The molecule has 0 radical (unpaired) electrons. The van der Waals surface area contributed by atoms with Crippen molar-refractivity contribution in [1.29, 1.82) is 0 Å². The maximum absolute atomic E-state index is 13.0. The van der Waals surface area contributed by atoms with E-state index in [4.69, 9.17) is 9.47 Å². The lowest BCUT2D eigenvalue weighted by Gasteiger charge is -2.33. The van der Waals surface area contributed by atoms with E-state index >= 15 is 0 Å². The van der Waals surface area contributed by atoms with Crippen LogP contribution in [0.4, 0.5) is 5.69 Å². The van der Waals surface area contributed by atoms with E-state index in [1.54, 1.807) is 19.1 Å². The van der Waals surface area contributed by atoms with Gasteiger partial charge in [0, 0.05) is 38.6 Å². The van der Waals surface area contributed by atoms with Crippen molar-refractivity contribution in [3.63, 3.8) is 0 Å². The Morgan fingerprint density at radius 2 is 1.88 bits per heavy atom. The maximum atomic E-state index is 13.0. The van der Waals surface area contributed by atoms with Gasteiger partial charge in [-0.05, 0) is 55.2 Å². The van der Waals surface area contributed by atoms with Gasteiger partial charge in [-0.1, -0.05) is 18.2 Å². The molecular formula is C26H33N3O4. The van der Waals surface area contributed by atoms with Crippen molar-refractivity contribution in [3.8, 4) is 11.5 Å². The quantitative estimate of drug-likeness (QED) is 0.700. The highest BCUT2D eigenvalue weighted by Gasteiger charge is 2.37. The predicted molar refractivity (Wildman–Crippen MR) is 128 cm³/mol. The summed E-state index contributed by atoms with van der Waals surface area (Å²) in [6.45, 7) is 5.10. The minimum Gasteiger partial charge on any atom is -0.497 e. The first kappa shape index (κ1) is 23.1. The van der Waals surface area contributed by atoms with E-state index < -0.39 is 0 Å². The first-order valence-corrected chi connectivity index (χ1v) is 11.6. The number of hydrogen-bond donors (Lipinski definition) is 1. The number of nitrogens with zero attached hydrogens (tertiary/aromatic N) is 2. The average Bonchev–Trinajstić information content (AvgIpc) is 3.22. The standard InChI is InChI=1S/C26H33N3O4/c1-18-7-8-24(33-3)23(13-18)29-17-20(15-25(29)30)26(31)27-21-9-11-28(12-10-21)16-19-5-4-6-22(14-19)32-2/h4-8,13-14,20-21H,9-12,15-17H2,1-3H3,(H,27,31). The van der Waals surface area contributed by atoms with E-state index in [2.05, 4.69) is 22.3 Å². The molecule has 2 aliphatic heterocycles. The molecule has 0 saturated carbocycles. The highest BCUT2D eigenvalue weighted by atomic mass is 16.5. The van der Waals surface area contributed by atoms with Gasteiger partial charge in [-0.2, -0.15) is 0 Å². The van der Waals surface area contributed by atoms with Gasteiger partial charge in [-0.15, -0.1) is 0 Å². The fraction of sp³-hybridized carbons (Fsp3) is 0.462. The van der Waals surface area contributed by atoms with Gasteiger partial charge < -0.3 is 19.7 Å². The minimum atomic E-state index is -0.336. The summed E-state index contributed by atoms with van der Waals surface area (Å²) in [6.07, 6.45) is 2.05. The molecule has 2 amide bonds. The lowest BCUT2D eigenvalue weighted by molar-refractivity contribution is -0.127. The molecule has 2 fully saturated rings. The van der Waals surface area contributed by atoms with Crippen LogP contribution < -0.4 is 19.7 Å². The lowest BCUT2D eigenvalue weighted by Crippen LogP contribution is -2.46. The van der Waals surface area contributed by atoms with Crippen LogP contribution >= 0.6 is 0 Å². The van der Waals surface area contributed by atoms with Crippen molar-refractivity contribution in [3.05, 3.63) is 53.6 Å². The third-order valence-electron chi connectivity index (χ3n) is 6.60. The third-order valence-corrected chi connectivity index (χ3v) is 6.60. The first-order valence-electron chi connectivity index (χ1n) is 11.6. The monoisotopic (exact) mass is 451 g/mol. The van der Waals surface area contributed by atoms with Crippen LogP contribution in [0.1, 0.15) is 30.4 Å². The largest absolute Gasteiger partial charge is 0.497 e. The number of anilines is 1. The summed E-state index contributed by atoms with van der Waals surface area (Å²) in [6, 6.07) is 14.1. The SMILES string of the molecule is COc1cccc(CN2CCC(NC(=O)C3CC(=O)N(c4cc(C)ccc4OC)C3)CC2)c1. The number of piperidine rings is 1. The van der Waals surface area contributed by atoms with Crippen molar-refractivity contribution in [2.75, 3.05) is 38.8 Å². The summed E-state index contributed by atoms with van der Waals surface area (Å²) >= 11 is 0. The number of likely N-dealkylation sites (tertiary alicyclic amines) is 1. The molecule has 0 aliphatic carbocycles. The van der Waals surface area contributed by atoms with Gasteiger partial charge in [0.25, 0.3) is 0 Å². The summed E-state index contributed by atoms with van der Waals surface area (Å²) in [5, 5.41) is 3.20. The second kappa shape index (κ2) is 10.3. The van der Waals surface area contributed by atoms with Crippen LogP contribution in [0.5, 0.6) is 11.5 Å². The van der Waals surface area contributed by atoms with Crippen LogP contribution in [0.15, 0.2) is 42.5 Å². The number of ether oxygens (including phenoxy) is 2. The molecule has 1 N–H and O–H groups in total. The van der Waals surface area contributed by atoms with Crippen molar-refractivity contribution >= 4 is 17.5 Å². The minimum absolute atomic E-state index is 0.0243. The molecule has 2 saturated heterocycles. The van der Waals surface area contributed by atoms with Crippen LogP contribution in [-0.4, -0.2) is 56.6 Å². The number of hydrogen-bond acceptors (Lipinski definition) is 5. The molecule has 176 valence electrons. The molecule has 1 atom stereocenters. The number of amides is 2. The Morgan fingerprint density at radius 3 is 2.61 bits per heavy atom. The van der Waals surface area contributed by atoms with Crippen molar-refractivity contribution in [2.24, 2.45) is 5.92 Å². The predicted octanol–water partition coefficient (Wildman–Crippen LogP) is 3.15. The van der Waals surface area contributed by atoms with Crippen LogP contribution in [0.2, 0.25) is 0 Å². The Bertz CT molecular complexity index is 1000. The molecule has 2 aromatic rings. The number of aryl methyl sites for hydroxylation is 1.